The Hall–Kier alpha value is -0.510. The number of carbonyl (C=O) groups is 2. The number of piperidine rings is 1. The molecule has 0 aliphatic carbocycles. The van der Waals surface area contributed by atoms with E-state index in [1.165, 1.54) is 0 Å². The highest BCUT2D eigenvalue weighted by molar-refractivity contribution is 8.00. The van der Waals surface area contributed by atoms with Gasteiger partial charge in [0.25, 0.3) is 0 Å². The van der Waals surface area contributed by atoms with Gasteiger partial charge in [-0.15, -0.1) is 11.8 Å². The van der Waals surface area contributed by atoms with Crippen molar-refractivity contribution in [2.45, 2.75) is 30.9 Å². The van der Waals surface area contributed by atoms with Crippen LogP contribution in [0.2, 0.25) is 0 Å². The van der Waals surface area contributed by atoms with Crippen molar-refractivity contribution in [1.29, 1.82) is 0 Å². The van der Waals surface area contributed by atoms with Gasteiger partial charge in [-0.3, -0.25) is 9.59 Å². The first-order valence-corrected chi connectivity index (χ1v) is 6.24. The first-order chi connectivity index (χ1) is 6.77. The monoisotopic (exact) mass is 213 g/mol. The smallest absolute Gasteiger partial charge is 0.235 e. The predicted molar refractivity (Wildman–Crippen MR) is 56.3 cm³/mol. The highest BCUT2D eigenvalue weighted by Gasteiger charge is 2.29. The number of carbonyl (C=O) groups excluding carboxylic acids is 2. The summed E-state index contributed by atoms with van der Waals surface area (Å²) in [6.07, 6.45) is 3.30. The fourth-order valence-electron chi connectivity index (χ4n) is 1.95. The molecule has 1 unspecified atom stereocenters. The van der Waals surface area contributed by atoms with Crippen molar-refractivity contribution in [2.24, 2.45) is 0 Å². The SMILES string of the molecule is O=C1CCN(C(=O)C2CCCS2)CC1. The van der Waals surface area contributed by atoms with Gasteiger partial charge in [-0.05, 0) is 18.6 Å². The topological polar surface area (TPSA) is 37.4 Å². The Balaban J connectivity index is 1.88. The fraction of sp³-hybridized carbons (Fsp3) is 0.800. The van der Waals surface area contributed by atoms with E-state index in [9.17, 15) is 9.59 Å². The molecule has 0 N–H and O–H groups in total. The Morgan fingerprint density at radius 2 is 2.07 bits per heavy atom. The third kappa shape index (κ3) is 2.11. The lowest BCUT2D eigenvalue weighted by atomic mass is 10.1. The van der Waals surface area contributed by atoms with Gasteiger partial charge in [0.2, 0.25) is 5.91 Å². The van der Waals surface area contributed by atoms with Crippen LogP contribution in [0.15, 0.2) is 0 Å². The number of thioether (sulfide) groups is 1. The highest BCUT2D eigenvalue weighted by Crippen LogP contribution is 2.28. The third-order valence-corrected chi connectivity index (χ3v) is 4.20. The molecule has 3 nitrogen and oxygen atoms in total. The second-order valence-electron chi connectivity index (χ2n) is 3.87. The Kier molecular flexibility index (Phi) is 3.11. The number of rotatable bonds is 1. The molecule has 0 spiro atoms. The number of hydrogen-bond donors (Lipinski definition) is 0. The van der Waals surface area contributed by atoms with Gasteiger partial charge >= 0.3 is 0 Å². The van der Waals surface area contributed by atoms with Crippen LogP contribution in [0.25, 0.3) is 0 Å². The van der Waals surface area contributed by atoms with Crippen LogP contribution >= 0.6 is 11.8 Å². The molecule has 0 saturated carbocycles. The van der Waals surface area contributed by atoms with Crippen molar-refractivity contribution >= 4 is 23.5 Å². The van der Waals surface area contributed by atoms with Crippen LogP contribution in [0, 0.1) is 0 Å². The molecule has 0 aromatic rings. The molecule has 78 valence electrons. The van der Waals surface area contributed by atoms with E-state index >= 15 is 0 Å². The standard InChI is InChI=1S/C10H15NO2S/c12-8-3-5-11(6-4-8)10(13)9-2-1-7-14-9/h9H,1-7H2. The van der Waals surface area contributed by atoms with E-state index in [1.807, 2.05) is 4.90 Å². The van der Waals surface area contributed by atoms with Crippen LogP contribution in [0.4, 0.5) is 0 Å². The summed E-state index contributed by atoms with van der Waals surface area (Å²) in [6, 6.07) is 0. The average molecular weight is 213 g/mol. The molecule has 0 aromatic heterocycles. The molecule has 0 aromatic carbocycles. The maximum atomic E-state index is 11.9. The van der Waals surface area contributed by atoms with Gasteiger partial charge in [-0.2, -0.15) is 0 Å². The molecule has 14 heavy (non-hydrogen) atoms. The summed E-state index contributed by atoms with van der Waals surface area (Å²) in [4.78, 5) is 24.8. The number of Topliss-reactive ketones (excluding diaryl/α,β-unsaturated/α-hetero) is 1. The molecule has 2 rings (SSSR count). The zero-order valence-electron chi connectivity index (χ0n) is 8.20. The molecule has 1 amide bonds. The van der Waals surface area contributed by atoms with E-state index < -0.39 is 0 Å². The van der Waals surface area contributed by atoms with Crippen LogP contribution in [0.1, 0.15) is 25.7 Å². The summed E-state index contributed by atoms with van der Waals surface area (Å²) >= 11 is 1.77. The molecular weight excluding hydrogens is 198 g/mol. The predicted octanol–water partition coefficient (Wildman–Crippen LogP) is 1.07. The van der Waals surface area contributed by atoms with Gasteiger partial charge in [0.05, 0.1) is 5.25 Å². The van der Waals surface area contributed by atoms with E-state index in [2.05, 4.69) is 0 Å². The normalized spacial score (nSPS) is 28.1. The quantitative estimate of drug-likeness (QED) is 0.654. The minimum atomic E-state index is 0.184. The lowest BCUT2D eigenvalue weighted by Crippen LogP contribution is -2.42. The maximum absolute atomic E-state index is 11.9. The van der Waals surface area contributed by atoms with E-state index in [-0.39, 0.29) is 11.2 Å². The van der Waals surface area contributed by atoms with E-state index in [0.717, 1.165) is 18.6 Å². The number of amides is 1. The van der Waals surface area contributed by atoms with Crippen molar-refractivity contribution in [3.8, 4) is 0 Å². The summed E-state index contributed by atoms with van der Waals surface area (Å²) < 4.78 is 0. The molecule has 2 aliphatic heterocycles. The number of hydrogen-bond acceptors (Lipinski definition) is 3. The molecule has 4 heteroatoms. The van der Waals surface area contributed by atoms with Gasteiger partial charge in [-0.1, -0.05) is 0 Å². The first kappa shape index (κ1) is 10.0. The number of ketones is 1. The van der Waals surface area contributed by atoms with Crippen molar-refractivity contribution in [3.05, 3.63) is 0 Å². The Morgan fingerprint density at radius 1 is 1.36 bits per heavy atom. The minimum Gasteiger partial charge on any atom is -0.341 e. The number of likely N-dealkylation sites (tertiary alicyclic amines) is 1. The van der Waals surface area contributed by atoms with Crippen LogP contribution in [-0.4, -0.2) is 40.7 Å². The lowest BCUT2D eigenvalue weighted by Gasteiger charge is -2.28. The Labute approximate surface area is 88.2 Å². The summed E-state index contributed by atoms with van der Waals surface area (Å²) in [5.74, 6) is 1.68. The Bertz CT molecular complexity index is 239. The van der Waals surface area contributed by atoms with Crippen molar-refractivity contribution in [3.63, 3.8) is 0 Å². The van der Waals surface area contributed by atoms with Crippen LogP contribution < -0.4 is 0 Å². The summed E-state index contributed by atoms with van der Waals surface area (Å²) in [7, 11) is 0. The van der Waals surface area contributed by atoms with Gasteiger partial charge in [0.1, 0.15) is 5.78 Å². The molecule has 2 saturated heterocycles. The molecule has 1 atom stereocenters. The molecule has 0 bridgehead atoms. The van der Waals surface area contributed by atoms with Crippen LogP contribution in [0.5, 0.6) is 0 Å². The van der Waals surface area contributed by atoms with Gasteiger partial charge in [-0.25, -0.2) is 0 Å². The van der Waals surface area contributed by atoms with E-state index in [0.29, 0.717) is 31.7 Å². The molecule has 2 fully saturated rings. The van der Waals surface area contributed by atoms with Crippen molar-refractivity contribution < 1.29 is 9.59 Å². The average Bonchev–Trinajstić information content (AvgIpc) is 2.71. The largest absolute Gasteiger partial charge is 0.341 e. The summed E-state index contributed by atoms with van der Waals surface area (Å²) in [5, 5.41) is 0.184. The fourth-order valence-corrected chi connectivity index (χ4v) is 3.20. The first-order valence-electron chi connectivity index (χ1n) is 5.19. The molecule has 0 radical (unpaired) electrons. The second kappa shape index (κ2) is 4.34. The molecule has 2 heterocycles. The van der Waals surface area contributed by atoms with E-state index in [4.69, 9.17) is 0 Å². The molecular formula is C10H15NO2S. The van der Waals surface area contributed by atoms with Crippen molar-refractivity contribution in [1.82, 2.24) is 4.90 Å². The lowest BCUT2D eigenvalue weighted by molar-refractivity contribution is -0.134. The minimum absolute atomic E-state index is 0.184. The maximum Gasteiger partial charge on any atom is 0.235 e. The summed E-state index contributed by atoms with van der Waals surface area (Å²) in [6.45, 7) is 1.30. The zero-order valence-corrected chi connectivity index (χ0v) is 9.02. The van der Waals surface area contributed by atoms with Gasteiger partial charge in [0, 0.05) is 25.9 Å². The van der Waals surface area contributed by atoms with E-state index in [1.54, 1.807) is 11.8 Å². The van der Waals surface area contributed by atoms with Gasteiger partial charge in [0.15, 0.2) is 0 Å². The third-order valence-electron chi connectivity index (χ3n) is 2.84. The molecule has 2 aliphatic rings. The summed E-state index contributed by atoms with van der Waals surface area (Å²) in [5.41, 5.74) is 0. The van der Waals surface area contributed by atoms with Crippen molar-refractivity contribution in [2.75, 3.05) is 18.8 Å². The zero-order chi connectivity index (χ0) is 9.97. The number of nitrogens with zero attached hydrogens (tertiary/aromatic N) is 1. The van der Waals surface area contributed by atoms with Crippen LogP contribution in [-0.2, 0) is 9.59 Å². The van der Waals surface area contributed by atoms with Crippen LogP contribution in [0.3, 0.4) is 0 Å². The Morgan fingerprint density at radius 3 is 2.64 bits per heavy atom. The highest BCUT2D eigenvalue weighted by atomic mass is 32.2. The van der Waals surface area contributed by atoms with Gasteiger partial charge < -0.3 is 4.90 Å². The second-order valence-corrected chi connectivity index (χ2v) is 5.18.